The summed E-state index contributed by atoms with van der Waals surface area (Å²) in [6, 6.07) is 10.8. The molecule has 0 aliphatic rings. The van der Waals surface area contributed by atoms with Gasteiger partial charge in [0.15, 0.2) is 0 Å². The number of hydrogen-bond acceptors (Lipinski definition) is 2. The van der Waals surface area contributed by atoms with Gasteiger partial charge in [0.05, 0.1) is 6.61 Å². The molecule has 92 valence electrons. The van der Waals surface area contributed by atoms with Crippen molar-refractivity contribution in [3.05, 3.63) is 36.0 Å². The number of aryl methyl sites for hydroxylation is 1. The highest BCUT2D eigenvalue weighted by Crippen LogP contribution is 2.18. The maximum Gasteiger partial charge on any atom is 0.0587 e. The van der Waals surface area contributed by atoms with Gasteiger partial charge >= 0.3 is 0 Å². The Kier molecular flexibility index (Phi) is 4.18. The zero-order valence-electron chi connectivity index (χ0n) is 10.6. The first-order valence-corrected chi connectivity index (χ1v) is 6.07. The molecule has 0 saturated carbocycles. The van der Waals surface area contributed by atoms with E-state index in [9.17, 15) is 0 Å². The van der Waals surface area contributed by atoms with Crippen LogP contribution in [0.15, 0.2) is 30.3 Å². The van der Waals surface area contributed by atoms with Crippen molar-refractivity contribution in [2.45, 2.75) is 13.5 Å². The third-order valence-electron chi connectivity index (χ3n) is 3.01. The summed E-state index contributed by atoms with van der Waals surface area (Å²) in [5.41, 5.74) is 2.64. The molecule has 3 nitrogen and oxygen atoms in total. The van der Waals surface area contributed by atoms with Gasteiger partial charge in [-0.3, -0.25) is 0 Å². The molecule has 0 aliphatic heterocycles. The summed E-state index contributed by atoms with van der Waals surface area (Å²) in [6.07, 6.45) is 0. The first-order valence-electron chi connectivity index (χ1n) is 6.07. The molecule has 1 N–H and O–H groups in total. The molecule has 0 amide bonds. The number of ether oxygens (including phenoxy) is 1. The Hall–Kier alpha value is -1.32. The smallest absolute Gasteiger partial charge is 0.0587 e. The summed E-state index contributed by atoms with van der Waals surface area (Å²) in [5, 5.41) is 4.69. The second-order valence-electron chi connectivity index (χ2n) is 4.24. The molecule has 1 aromatic carbocycles. The Bertz CT molecular complexity index is 476. The average Bonchev–Trinajstić information content (AvgIpc) is 2.65. The predicted octanol–water partition coefficient (Wildman–Crippen LogP) is 2.19. The third kappa shape index (κ3) is 2.87. The zero-order valence-corrected chi connectivity index (χ0v) is 10.6. The summed E-state index contributed by atoms with van der Waals surface area (Å²) in [5.74, 6) is 0. The van der Waals surface area contributed by atoms with E-state index >= 15 is 0 Å². The normalized spacial score (nSPS) is 11.2. The van der Waals surface area contributed by atoms with Crippen molar-refractivity contribution in [1.82, 2.24) is 9.88 Å². The van der Waals surface area contributed by atoms with Crippen LogP contribution in [-0.4, -0.2) is 31.4 Å². The van der Waals surface area contributed by atoms with Crippen LogP contribution in [0, 0.1) is 6.92 Å². The van der Waals surface area contributed by atoms with Crippen LogP contribution in [0.5, 0.6) is 0 Å². The van der Waals surface area contributed by atoms with Gasteiger partial charge in [-0.2, -0.15) is 0 Å². The van der Waals surface area contributed by atoms with Crippen molar-refractivity contribution in [2.24, 2.45) is 0 Å². The number of para-hydroxylation sites is 1. The molecule has 17 heavy (non-hydrogen) atoms. The Labute approximate surface area is 102 Å². The van der Waals surface area contributed by atoms with Crippen LogP contribution in [-0.2, 0) is 11.3 Å². The van der Waals surface area contributed by atoms with Crippen molar-refractivity contribution in [1.29, 1.82) is 0 Å². The van der Waals surface area contributed by atoms with E-state index in [2.05, 4.69) is 47.1 Å². The van der Waals surface area contributed by atoms with E-state index < -0.39 is 0 Å². The first-order chi connectivity index (χ1) is 8.33. The Morgan fingerprint density at radius 1 is 1.24 bits per heavy atom. The Balaban J connectivity index is 2.00. The lowest BCUT2D eigenvalue weighted by atomic mass is 10.2. The van der Waals surface area contributed by atoms with Crippen LogP contribution in [0.1, 0.15) is 5.69 Å². The maximum atomic E-state index is 5.00. The second-order valence-corrected chi connectivity index (χ2v) is 4.24. The molecule has 3 heteroatoms. The van der Waals surface area contributed by atoms with E-state index in [-0.39, 0.29) is 0 Å². The zero-order chi connectivity index (χ0) is 12.1. The number of nitrogens with one attached hydrogen (secondary N) is 1. The fourth-order valence-corrected chi connectivity index (χ4v) is 2.14. The fourth-order valence-electron chi connectivity index (χ4n) is 2.14. The third-order valence-corrected chi connectivity index (χ3v) is 3.01. The molecule has 0 fully saturated rings. The number of methoxy groups -OCH3 is 1. The van der Waals surface area contributed by atoms with Gasteiger partial charge in [-0.25, -0.2) is 0 Å². The maximum absolute atomic E-state index is 5.00. The van der Waals surface area contributed by atoms with E-state index in [1.165, 1.54) is 16.6 Å². The highest BCUT2D eigenvalue weighted by Gasteiger charge is 2.03. The molecule has 1 aromatic heterocycles. The SMILES string of the molecule is COCCNCCn1c(C)cc2ccccc21. The summed E-state index contributed by atoms with van der Waals surface area (Å²) in [6.45, 7) is 5.82. The monoisotopic (exact) mass is 232 g/mol. The number of benzene rings is 1. The van der Waals surface area contributed by atoms with Crippen molar-refractivity contribution in [3.63, 3.8) is 0 Å². The lowest BCUT2D eigenvalue weighted by Crippen LogP contribution is -2.23. The number of aromatic nitrogens is 1. The minimum absolute atomic E-state index is 0.769. The van der Waals surface area contributed by atoms with E-state index in [1.807, 2.05) is 0 Å². The van der Waals surface area contributed by atoms with Crippen LogP contribution in [0.3, 0.4) is 0 Å². The van der Waals surface area contributed by atoms with Crippen LogP contribution in [0.4, 0.5) is 0 Å². The van der Waals surface area contributed by atoms with Crippen LogP contribution in [0.2, 0.25) is 0 Å². The molecule has 1 heterocycles. The summed E-state index contributed by atoms with van der Waals surface area (Å²) < 4.78 is 7.36. The molecular weight excluding hydrogens is 212 g/mol. The second kappa shape index (κ2) is 5.84. The molecule has 0 radical (unpaired) electrons. The molecule has 0 saturated heterocycles. The quantitative estimate of drug-likeness (QED) is 0.773. The topological polar surface area (TPSA) is 26.2 Å². The number of rotatable bonds is 6. The molecule has 2 rings (SSSR count). The highest BCUT2D eigenvalue weighted by molar-refractivity contribution is 5.81. The molecular formula is C14H20N2O. The molecule has 0 atom stereocenters. The minimum Gasteiger partial charge on any atom is -0.383 e. The van der Waals surface area contributed by atoms with Gasteiger partial charge in [-0.05, 0) is 24.4 Å². The van der Waals surface area contributed by atoms with Gasteiger partial charge in [0.25, 0.3) is 0 Å². The Morgan fingerprint density at radius 2 is 2.06 bits per heavy atom. The number of hydrogen-bond donors (Lipinski definition) is 1. The fraction of sp³-hybridized carbons (Fsp3) is 0.429. The summed E-state index contributed by atoms with van der Waals surface area (Å²) in [7, 11) is 1.73. The van der Waals surface area contributed by atoms with Crippen molar-refractivity contribution in [2.75, 3.05) is 26.8 Å². The molecule has 0 aliphatic carbocycles. The number of nitrogens with zero attached hydrogens (tertiary/aromatic N) is 1. The minimum atomic E-state index is 0.769. The van der Waals surface area contributed by atoms with E-state index in [0.717, 1.165) is 26.2 Å². The molecule has 0 unspecified atom stereocenters. The first kappa shape index (κ1) is 12.1. The molecule has 2 aromatic rings. The number of fused-ring (bicyclic) bond motifs is 1. The van der Waals surface area contributed by atoms with Gasteiger partial charge in [-0.15, -0.1) is 0 Å². The van der Waals surface area contributed by atoms with Gasteiger partial charge in [0, 0.05) is 38.0 Å². The van der Waals surface area contributed by atoms with E-state index in [4.69, 9.17) is 4.74 Å². The predicted molar refractivity (Wildman–Crippen MR) is 71.4 cm³/mol. The van der Waals surface area contributed by atoms with Crippen molar-refractivity contribution in [3.8, 4) is 0 Å². The summed E-state index contributed by atoms with van der Waals surface area (Å²) in [4.78, 5) is 0. The Morgan fingerprint density at radius 3 is 2.88 bits per heavy atom. The van der Waals surface area contributed by atoms with Gasteiger partial charge in [0.2, 0.25) is 0 Å². The van der Waals surface area contributed by atoms with Crippen molar-refractivity contribution < 1.29 is 4.74 Å². The standard InChI is InChI=1S/C14H20N2O/c1-12-11-13-5-3-4-6-14(13)16(12)9-7-15-8-10-17-2/h3-6,11,15H,7-10H2,1-2H3. The van der Waals surface area contributed by atoms with Gasteiger partial charge in [-0.1, -0.05) is 18.2 Å². The highest BCUT2D eigenvalue weighted by atomic mass is 16.5. The largest absolute Gasteiger partial charge is 0.383 e. The van der Waals surface area contributed by atoms with Crippen molar-refractivity contribution >= 4 is 10.9 Å². The lowest BCUT2D eigenvalue weighted by Gasteiger charge is -2.09. The summed E-state index contributed by atoms with van der Waals surface area (Å²) >= 11 is 0. The van der Waals surface area contributed by atoms with E-state index in [0.29, 0.717) is 0 Å². The average molecular weight is 232 g/mol. The van der Waals surface area contributed by atoms with Crippen LogP contribution >= 0.6 is 0 Å². The molecule has 0 bridgehead atoms. The van der Waals surface area contributed by atoms with Gasteiger partial charge < -0.3 is 14.6 Å². The van der Waals surface area contributed by atoms with Gasteiger partial charge in [0.1, 0.15) is 0 Å². The van der Waals surface area contributed by atoms with Crippen LogP contribution < -0.4 is 5.32 Å². The van der Waals surface area contributed by atoms with E-state index in [1.54, 1.807) is 7.11 Å². The molecule has 0 spiro atoms. The lowest BCUT2D eigenvalue weighted by molar-refractivity contribution is 0.199. The van der Waals surface area contributed by atoms with Crippen LogP contribution in [0.25, 0.3) is 10.9 Å².